The van der Waals surface area contributed by atoms with Gasteiger partial charge in [-0.3, -0.25) is 0 Å². The molecule has 2 heterocycles. The molecule has 0 fully saturated rings. The molecule has 1 unspecified atom stereocenters. The zero-order valence-corrected chi connectivity index (χ0v) is 16.3. The standard InChI is InChI=1S/C22H22N4S/c1-26(2)19(16-9-5-3-6-10-16)14-23-21-18-13-20(17-11-7-4-8-12-17)27-22(18)25-15-24-21/h3-13,15,19H,14H2,1-2H3,(H,23,24,25). The highest BCUT2D eigenvalue weighted by atomic mass is 32.1. The van der Waals surface area contributed by atoms with Crippen LogP contribution in [0.5, 0.6) is 0 Å². The van der Waals surface area contributed by atoms with Gasteiger partial charge in [0.25, 0.3) is 0 Å². The van der Waals surface area contributed by atoms with Crippen LogP contribution in [0.25, 0.3) is 20.7 Å². The molecular weight excluding hydrogens is 352 g/mol. The van der Waals surface area contributed by atoms with E-state index >= 15 is 0 Å². The Balaban J connectivity index is 1.61. The van der Waals surface area contributed by atoms with Gasteiger partial charge >= 0.3 is 0 Å². The Morgan fingerprint density at radius 2 is 1.67 bits per heavy atom. The fourth-order valence-electron chi connectivity index (χ4n) is 3.21. The second-order valence-corrected chi connectivity index (χ2v) is 7.72. The Labute approximate surface area is 163 Å². The SMILES string of the molecule is CN(C)C(CNc1ncnc2sc(-c3ccccc3)cc12)c1ccccc1. The molecule has 4 rings (SSSR count). The maximum atomic E-state index is 4.50. The monoisotopic (exact) mass is 374 g/mol. The van der Waals surface area contributed by atoms with E-state index in [4.69, 9.17) is 0 Å². The van der Waals surface area contributed by atoms with Gasteiger partial charge in [-0.25, -0.2) is 9.97 Å². The highest BCUT2D eigenvalue weighted by Crippen LogP contribution is 2.35. The van der Waals surface area contributed by atoms with Crippen LogP contribution in [0.2, 0.25) is 0 Å². The van der Waals surface area contributed by atoms with E-state index in [1.54, 1.807) is 17.7 Å². The molecule has 136 valence electrons. The molecular formula is C22H22N4S. The van der Waals surface area contributed by atoms with E-state index in [0.29, 0.717) is 0 Å². The number of rotatable bonds is 6. The number of aromatic nitrogens is 2. The summed E-state index contributed by atoms with van der Waals surface area (Å²) in [6.45, 7) is 0.777. The third-order valence-electron chi connectivity index (χ3n) is 4.66. The normalized spacial score (nSPS) is 12.4. The van der Waals surface area contributed by atoms with Gasteiger partial charge in [0, 0.05) is 11.4 Å². The van der Waals surface area contributed by atoms with Crippen molar-refractivity contribution in [3.05, 3.63) is 78.6 Å². The summed E-state index contributed by atoms with van der Waals surface area (Å²) in [4.78, 5) is 13.4. The van der Waals surface area contributed by atoms with Gasteiger partial charge in [-0.15, -0.1) is 11.3 Å². The lowest BCUT2D eigenvalue weighted by molar-refractivity contribution is 0.311. The maximum Gasteiger partial charge on any atom is 0.138 e. The lowest BCUT2D eigenvalue weighted by Gasteiger charge is -2.25. The van der Waals surface area contributed by atoms with Crippen molar-refractivity contribution >= 4 is 27.4 Å². The molecule has 0 spiro atoms. The first-order valence-corrected chi connectivity index (χ1v) is 9.79. The summed E-state index contributed by atoms with van der Waals surface area (Å²) in [5.74, 6) is 0.890. The van der Waals surface area contributed by atoms with Gasteiger partial charge in [-0.05, 0) is 31.3 Å². The average Bonchev–Trinajstić information content (AvgIpc) is 3.14. The van der Waals surface area contributed by atoms with E-state index in [-0.39, 0.29) is 6.04 Å². The first kappa shape index (κ1) is 17.6. The second-order valence-electron chi connectivity index (χ2n) is 6.69. The van der Waals surface area contributed by atoms with Gasteiger partial charge in [-0.2, -0.15) is 0 Å². The van der Waals surface area contributed by atoms with E-state index in [1.165, 1.54) is 16.0 Å². The Bertz CT molecular complexity index is 1010. The van der Waals surface area contributed by atoms with E-state index in [0.717, 1.165) is 22.6 Å². The van der Waals surface area contributed by atoms with Crippen molar-refractivity contribution in [2.45, 2.75) is 6.04 Å². The predicted molar refractivity (Wildman–Crippen MR) is 114 cm³/mol. The zero-order chi connectivity index (χ0) is 18.6. The molecule has 5 heteroatoms. The van der Waals surface area contributed by atoms with Crippen LogP contribution in [0.4, 0.5) is 5.82 Å². The van der Waals surface area contributed by atoms with Crippen LogP contribution in [0.1, 0.15) is 11.6 Å². The van der Waals surface area contributed by atoms with Crippen molar-refractivity contribution < 1.29 is 0 Å². The highest BCUT2D eigenvalue weighted by Gasteiger charge is 2.15. The largest absolute Gasteiger partial charge is 0.368 e. The number of nitrogens with zero attached hydrogens (tertiary/aromatic N) is 3. The van der Waals surface area contributed by atoms with Crippen LogP contribution in [-0.4, -0.2) is 35.5 Å². The Morgan fingerprint density at radius 3 is 2.37 bits per heavy atom. The van der Waals surface area contributed by atoms with Crippen molar-refractivity contribution in [2.75, 3.05) is 26.0 Å². The molecule has 0 amide bonds. The lowest BCUT2D eigenvalue weighted by Crippen LogP contribution is -2.27. The summed E-state index contributed by atoms with van der Waals surface area (Å²) in [5, 5.41) is 4.62. The lowest BCUT2D eigenvalue weighted by atomic mass is 10.1. The Kier molecular flexibility index (Phi) is 5.14. The number of fused-ring (bicyclic) bond motifs is 1. The quantitative estimate of drug-likeness (QED) is 0.511. The van der Waals surface area contributed by atoms with Gasteiger partial charge in [0.05, 0.1) is 11.4 Å². The molecule has 4 aromatic rings. The van der Waals surface area contributed by atoms with Gasteiger partial charge in [0.15, 0.2) is 0 Å². The van der Waals surface area contributed by atoms with Gasteiger partial charge in [-0.1, -0.05) is 60.7 Å². The first-order valence-electron chi connectivity index (χ1n) is 8.97. The van der Waals surface area contributed by atoms with Gasteiger partial charge in [0.2, 0.25) is 0 Å². The molecule has 0 saturated heterocycles. The topological polar surface area (TPSA) is 41.0 Å². The van der Waals surface area contributed by atoms with Crippen LogP contribution in [0.3, 0.4) is 0 Å². The van der Waals surface area contributed by atoms with Crippen molar-refractivity contribution in [1.29, 1.82) is 0 Å². The molecule has 27 heavy (non-hydrogen) atoms. The summed E-state index contributed by atoms with van der Waals surface area (Å²) in [6.07, 6.45) is 1.64. The third-order valence-corrected chi connectivity index (χ3v) is 5.75. The summed E-state index contributed by atoms with van der Waals surface area (Å²) < 4.78 is 0. The number of anilines is 1. The van der Waals surface area contributed by atoms with E-state index in [9.17, 15) is 0 Å². The smallest absolute Gasteiger partial charge is 0.138 e. The predicted octanol–water partition coefficient (Wildman–Crippen LogP) is 5.07. The maximum absolute atomic E-state index is 4.50. The summed E-state index contributed by atoms with van der Waals surface area (Å²) in [7, 11) is 4.21. The van der Waals surface area contributed by atoms with Crippen molar-refractivity contribution in [2.24, 2.45) is 0 Å². The Morgan fingerprint density at radius 1 is 0.963 bits per heavy atom. The van der Waals surface area contributed by atoms with Crippen LogP contribution in [0.15, 0.2) is 73.1 Å². The van der Waals surface area contributed by atoms with Gasteiger partial charge < -0.3 is 10.2 Å². The summed E-state index contributed by atoms with van der Waals surface area (Å²) in [5.41, 5.74) is 2.50. The molecule has 1 N–H and O–H groups in total. The number of likely N-dealkylation sites (N-methyl/N-ethyl adjacent to an activating group) is 1. The third kappa shape index (κ3) is 3.84. The fraction of sp³-hybridized carbons (Fsp3) is 0.182. The highest BCUT2D eigenvalue weighted by molar-refractivity contribution is 7.21. The minimum Gasteiger partial charge on any atom is -0.368 e. The average molecular weight is 375 g/mol. The molecule has 0 radical (unpaired) electrons. The fourth-order valence-corrected chi connectivity index (χ4v) is 4.21. The van der Waals surface area contributed by atoms with Crippen molar-refractivity contribution in [1.82, 2.24) is 14.9 Å². The minimum absolute atomic E-state index is 0.267. The molecule has 2 aromatic carbocycles. The van der Waals surface area contributed by atoms with Crippen molar-refractivity contribution in [3.63, 3.8) is 0 Å². The molecule has 1 atom stereocenters. The molecule has 0 aliphatic rings. The van der Waals surface area contributed by atoms with E-state index in [1.807, 2.05) is 12.1 Å². The van der Waals surface area contributed by atoms with E-state index in [2.05, 4.69) is 88.9 Å². The van der Waals surface area contributed by atoms with E-state index < -0.39 is 0 Å². The molecule has 0 saturated carbocycles. The molecule has 4 nitrogen and oxygen atoms in total. The number of thiophene rings is 1. The number of hydrogen-bond acceptors (Lipinski definition) is 5. The first-order chi connectivity index (χ1) is 13.2. The summed E-state index contributed by atoms with van der Waals surface area (Å²) in [6, 6.07) is 23.4. The van der Waals surface area contributed by atoms with Crippen LogP contribution >= 0.6 is 11.3 Å². The number of benzene rings is 2. The number of hydrogen-bond donors (Lipinski definition) is 1. The summed E-state index contributed by atoms with van der Waals surface area (Å²) >= 11 is 1.70. The molecule has 0 aliphatic carbocycles. The van der Waals surface area contributed by atoms with Crippen LogP contribution < -0.4 is 5.32 Å². The molecule has 2 aromatic heterocycles. The molecule has 0 aliphatic heterocycles. The Hall–Kier alpha value is -2.76. The number of nitrogens with one attached hydrogen (secondary N) is 1. The minimum atomic E-state index is 0.267. The van der Waals surface area contributed by atoms with Crippen LogP contribution in [-0.2, 0) is 0 Å². The van der Waals surface area contributed by atoms with Crippen LogP contribution in [0, 0.1) is 0 Å². The zero-order valence-electron chi connectivity index (χ0n) is 15.5. The van der Waals surface area contributed by atoms with Gasteiger partial charge in [0.1, 0.15) is 17.0 Å². The molecule has 0 bridgehead atoms. The van der Waals surface area contributed by atoms with Crippen molar-refractivity contribution in [3.8, 4) is 10.4 Å². The second kappa shape index (κ2) is 7.86.